The first-order valence-corrected chi connectivity index (χ1v) is 22.4. The van der Waals surface area contributed by atoms with Crippen LogP contribution >= 0.6 is 28.9 Å². The predicted molar refractivity (Wildman–Crippen MR) is 217 cm³/mol. The van der Waals surface area contributed by atoms with Crippen molar-refractivity contribution in [3.63, 3.8) is 0 Å². The number of nitrogens with one attached hydrogen (secondary N) is 3. The van der Waals surface area contributed by atoms with Crippen LogP contribution in [0.25, 0.3) is 0 Å². The summed E-state index contributed by atoms with van der Waals surface area (Å²) in [5.74, 6) is -2.09. The molecular formula is C39H52BrN4O7PS2. The van der Waals surface area contributed by atoms with Crippen molar-refractivity contribution >= 4 is 74.4 Å². The van der Waals surface area contributed by atoms with Crippen molar-refractivity contribution in [2.75, 3.05) is 44.0 Å². The Morgan fingerprint density at radius 3 is 1.81 bits per heavy atom. The number of hydrogen-bond donors (Lipinski definition) is 4. The standard InChI is InChI=1S/C39H51N4O7PS2.BrH/c1-3-49-37(46)27-42-38(47)34(43-35(44)24-23-33(40)39(48)50-4-2)28-52-53-29-36(45)41-25-15-8-16-26-51(30-17-9-5-10-18-30,31-19-11-6-12-20-31)32-21-13-7-14-22-32;/h5-7,9-14,17-22,33-34H,3-4,8,15-16,23-29,40H2,1-2H3,(H2-,41,42,43,44,45,47);1H/t33-,34-;/m0./s1. The molecule has 0 unspecified atom stereocenters. The monoisotopic (exact) mass is 862 g/mol. The summed E-state index contributed by atoms with van der Waals surface area (Å²) < 4.78 is 9.73. The molecule has 0 saturated heterocycles. The van der Waals surface area contributed by atoms with E-state index in [4.69, 9.17) is 15.2 Å². The summed E-state index contributed by atoms with van der Waals surface area (Å²) in [6.45, 7) is 3.87. The molecule has 3 amide bonds. The lowest BCUT2D eigenvalue weighted by Gasteiger charge is -2.27. The highest BCUT2D eigenvalue weighted by atomic mass is 79.9. The first-order valence-electron chi connectivity index (χ1n) is 17.9. The number of benzene rings is 3. The van der Waals surface area contributed by atoms with Gasteiger partial charge in [-0.2, -0.15) is 0 Å². The smallest absolute Gasteiger partial charge is 0.325 e. The summed E-state index contributed by atoms with van der Waals surface area (Å²) >= 11 is 0. The number of nitrogens with two attached hydrogens (primary N) is 1. The molecule has 3 aromatic rings. The topological polar surface area (TPSA) is 166 Å². The van der Waals surface area contributed by atoms with Gasteiger partial charge in [0.15, 0.2) is 0 Å². The minimum Gasteiger partial charge on any atom is -1.00 e. The molecule has 54 heavy (non-hydrogen) atoms. The molecule has 0 heterocycles. The van der Waals surface area contributed by atoms with E-state index in [1.165, 1.54) is 37.5 Å². The third kappa shape index (κ3) is 15.7. The van der Waals surface area contributed by atoms with Gasteiger partial charge < -0.3 is 48.1 Å². The van der Waals surface area contributed by atoms with Gasteiger partial charge in [0.2, 0.25) is 17.7 Å². The Kier molecular flexibility index (Phi) is 22.8. The molecule has 0 aliphatic rings. The molecule has 5 N–H and O–H groups in total. The van der Waals surface area contributed by atoms with Crippen molar-refractivity contribution in [2.24, 2.45) is 5.73 Å². The van der Waals surface area contributed by atoms with Crippen LogP contribution in [0.5, 0.6) is 0 Å². The van der Waals surface area contributed by atoms with Crippen molar-refractivity contribution in [3.05, 3.63) is 91.0 Å². The molecule has 294 valence electrons. The van der Waals surface area contributed by atoms with Gasteiger partial charge in [-0.05, 0) is 75.9 Å². The molecule has 3 rings (SSSR count). The third-order valence-corrected chi connectivity index (χ3v) is 15.0. The summed E-state index contributed by atoms with van der Waals surface area (Å²) in [4.78, 5) is 61.7. The lowest BCUT2D eigenvalue weighted by Crippen LogP contribution is -3.00. The summed E-state index contributed by atoms with van der Waals surface area (Å²) in [5, 5.41) is 12.2. The molecule has 0 fully saturated rings. The van der Waals surface area contributed by atoms with E-state index < -0.39 is 43.1 Å². The van der Waals surface area contributed by atoms with Gasteiger partial charge in [-0.1, -0.05) is 76.2 Å². The Morgan fingerprint density at radius 2 is 1.28 bits per heavy atom. The number of ether oxygens (including phenoxy) is 2. The predicted octanol–water partition coefficient (Wildman–Crippen LogP) is 0.487. The maximum atomic E-state index is 12.8. The number of esters is 2. The van der Waals surface area contributed by atoms with Gasteiger partial charge in [0.25, 0.3) is 0 Å². The molecule has 0 aliphatic carbocycles. The zero-order valence-electron chi connectivity index (χ0n) is 30.9. The van der Waals surface area contributed by atoms with Gasteiger partial charge in [0, 0.05) is 18.7 Å². The minimum atomic E-state index is -1.89. The second kappa shape index (κ2) is 26.4. The molecule has 3 aromatic carbocycles. The van der Waals surface area contributed by atoms with E-state index in [1.54, 1.807) is 13.8 Å². The molecular weight excluding hydrogens is 811 g/mol. The zero-order chi connectivity index (χ0) is 38.3. The number of amides is 3. The SMILES string of the molecule is CCOC(=O)CNC(=O)[C@H](CSSCC(=O)NCCCCC[P+](c1ccccc1)(c1ccccc1)c1ccccc1)NC(=O)CC[C@H](N)C(=O)OCC.[Br-]. The van der Waals surface area contributed by atoms with Crippen LogP contribution in [0.1, 0.15) is 46.0 Å². The number of hydrogen-bond acceptors (Lipinski definition) is 10. The summed E-state index contributed by atoms with van der Waals surface area (Å²) in [5.41, 5.74) is 5.79. The Balaban J connectivity index is 0.0000101. The number of halogens is 1. The maximum absolute atomic E-state index is 12.8. The second-order valence-corrected chi connectivity index (χ2v) is 18.2. The number of rotatable bonds is 24. The van der Waals surface area contributed by atoms with Crippen molar-refractivity contribution in [2.45, 2.75) is 58.0 Å². The van der Waals surface area contributed by atoms with Crippen LogP contribution in [0, 0.1) is 0 Å². The second-order valence-electron chi connectivity index (χ2n) is 12.0. The van der Waals surface area contributed by atoms with Gasteiger partial charge in [-0.3, -0.25) is 24.0 Å². The van der Waals surface area contributed by atoms with Crippen molar-refractivity contribution in [1.29, 1.82) is 0 Å². The van der Waals surface area contributed by atoms with Crippen molar-refractivity contribution in [3.8, 4) is 0 Å². The molecule has 0 spiro atoms. The lowest BCUT2D eigenvalue weighted by molar-refractivity contribution is -0.145. The fourth-order valence-corrected chi connectivity index (χ4v) is 12.1. The minimum absolute atomic E-state index is 0. The number of unbranched alkanes of at least 4 members (excludes halogenated alkanes) is 2. The van der Waals surface area contributed by atoms with Crippen LogP contribution in [0.15, 0.2) is 91.0 Å². The molecule has 0 aliphatic heterocycles. The summed E-state index contributed by atoms with van der Waals surface area (Å²) in [6, 6.07) is 30.4. The fraction of sp³-hybridized carbons (Fsp3) is 0.410. The first-order chi connectivity index (χ1) is 25.7. The van der Waals surface area contributed by atoms with Gasteiger partial charge >= 0.3 is 11.9 Å². The van der Waals surface area contributed by atoms with E-state index in [0.717, 1.165) is 25.4 Å². The van der Waals surface area contributed by atoms with Crippen LogP contribution in [0.3, 0.4) is 0 Å². The summed E-state index contributed by atoms with van der Waals surface area (Å²) in [6.07, 6.45) is 3.77. The Bertz CT molecular complexity index is 1480. The number of carbonyl (C=O) groups is 5. The largest absolute Gasteiger partial charge is 1.00 e. The molecule has 11 nitrogen and oxygen atoms in total. The first kappa shape index (κ1) is 46.7. The average molecular weight is 864 g/mol. The van der Waals surface area contributed by atoms with Crippen LogP contribution in [0.2, 0.25) is 0 Å². The van der Waals surface area contributed by atoms with Crippen molar-refractivity contribution < 1.29 is 50.4 Å². The summed E-state index contributed by atoms with van der Waals surface area (Å²) in [7, 11) is 0.630. The van der Waals surface area contributed by atoms with Crippen LogP contribution < -0.4 is 54.6 Å². The normalized spacial score (nSPS) is 12.0. The molecule has 2 atom stereocenters. The highest BCUT2D eigenvalue weighted by molar-refractivity contribution is 8.76. The van der Waals surface area contributed by atoms with Gasteiger partial charge in [0.1, 0.15) is 41.8 Å². The average Bonchev–Trinajstić information content (AvgIpc) is 3.18. The maximum Gasteiger partial charge on any atom is 0.325 e. The van der Waals surface area contributed by atoms with E-state index >= 15 is 0 Å². The van der Waals surface area contributed by atoms with Crippen LogP contribution in [-0.4, -0.2) is 85.7 Å². The molecule has 0 bridgehead atoms. The van der Waals surface area contributed by atoms with E-state index in [2.05, 4.69) is 107 Å². The lowest BCUT2D eigenvalue weighted by atomic mass is 10.1. The zero-order valence-corrected chi connectivity index (χ0v) is 35.0. The van der Waals surface area contributed by atoms with Crippen LogP contribution in [0.4, 0.5) is 0 Å². The van der Waals surface area contributed by atoms with Crippen molar-refractivity contribution in [1.82, 2.24) is 16.0 Å². The molecule has 0 aromatic heterocycles. The van der Waals surface area contributed by atoms with Gasteiger partial charge in [0.05, 0.1) is 25.1 Å². The molecule has 0 radical (unpaired) electrons. The highest BCUT2D eigenvalue weighted by Crippen LogP contribution is 2.55. The fourth-order valence-electron chi connectivity index (χ4n) is 5.62. The van der Waals surface area contributed by atoms with Gasteiger partial charge in [-0.15, -0.1) is 0 Å². The molecule has 0 saturated carbocycles. The Morgan fingerprint density at radius 1 is 0.722 bits per heavy atom. The van der Waals surface area contributed by atoms with E-state index in [-0.39, 0.29) is 67.0 Å². The Labute approximate surface area is 337 Å². The third-order valence-electron chi connectivity index (χ3n) is 8.23. The molecule has 15 heteroatoms. The van der Waals surface area contributed by atoms with E-state index in [9.17, 15) is 24.0 Å². The highest BCUT2D eigenvalue weighted by Gasteiger charge is 2.44. The van der Waals surface area contributed by atoms with Crippen LogP contribution in [-0.2, 0) is 33.4 Å². The van der Waals surface area contributed by atoms with E-state index in [1.807, 2.05) is 0 Å². The Hall–Kier alpha value is -3.42. The van der Waals surface area contributed by atoms with Gasteiger partial charge in [-0.25, -0.2) is 0 Å². The van der Waals surface area contributed by atoms with E-state index in [0.29, 0.717) is 6.54 Å². The number of carbonyl (C=O) groups excluding carboxylic acids is 5. The quantitative estimate of drug-likeness (QED) is 0.0432.